The van der Waals surface area contributed by atoms with Crippen LogP contribution in [0.3, 0.4) is 0 Å². The van der Waals surface area contributed by atoms with Crippen LogP contribution in [-0.2, 0) is 23.9 Å². The van der Waals surface area contributed by atoms with E-state index in [1.807, 2.05) is 0 Å². The van der Waals surface area contributed by atoms with Gasteiger partial charge in [0.25, 0.3) is 0 Å². The van der Waals surface area contributed by atoms with E-state index >= 15 is 0 Å². The maximum absolute atomic E-state index is 11.8. The van der Waals surface area contributed by atoms with Crippen molar-refractivity contribution in [2.24, 2.45) is 5.73 Å². The lowest BCUT2D eigenvalue weighted by Gasteiger charge is -2.21. The second-order valence-electron chi connectivity index (χ2n) is 4.09. The SMILES string of the molecule is COC(=O)CNC(=O)[C@H](CS)N[C@@H](CCC(N)=O)C(=O)O. The van der Waals surface area contributed by atoms with Crippen molar-refractivity contribution in [2.45, 2.75) is 24.9 Å². The molecule has 0 fully saturated rings. The Balaban J connectivity index is 4.54. The molecule has 0 aromatic heterocycles. The molecule has 0 radical (unpaired) electrons. The van der Waals surface area contributed by atoms with E-state index in [0.29, 0.717) is 0 Å². The molecule has 5 N–H and O–H groups in total. The van der Waals surface area contributed by atoms with Crippen molar-refractivity contribution in [3.8, 4) is 0 Å². The van der Waals surface area contributed by atoms with Crippen molar-refractivity contribution in [3.05, 3.63) is 0 Å². The third-order valence-corrected chi connectivity index (χ3v) is 2.88. The normalized spacial score (nSPS) is 13.0. The Morgan fingerprint density at radius 1 is 1.29 bits per heavy atom. The summed E-state index contributed by atoms with van der Waals surface area (Å²) in [6.45, 7) is -0.333. The topological polar surface area (TPSA) is 148 Å². The summed E-state index contributed by atoms with van der Waals surface area (Å²) < 4.78 is 4.36. The van der Waals surface area contributed by atoms with Crippen LogP contribution < -0.4 is 16.4 Å². The van der Waals surface area contributed by atoms with Gasteiger partial charge in [0.1, 0.15) is 12.6 Å². The third-order valence-electron chi connectivity index (χ3n) is 2.51. The van der Waals surface area contributed by atoms with Gasteiger partial charge >= 0.3 is 11.9 Å². The standard InChI is InChI=1S/C11H19N3O6S/c1-20-9(16)4-13-10(17)7(5-21)14-6(11(18)19)2-3-8(12)15/h6-7,14,21H,2-5H2,1H3,(H2,12,15)(H,13,17)(H,18,19)/t6-,7-/m0/s1. The minimum absolute atomic E-state index is 0.00730. The first kappa shape index (κ1) is 19.2. The van der Waals surface area contributed by atoms with Gasteiger partial charge in [0, 0.05) is 12.2 Å². The molecule has 0 heterocycles. The van der Waals surface area contributed by atoms with E-state index in [0.717, 1.165) is 0 Å². The van der Waals surface area contributed by atoms with E-state index in [-0.39, 0.29) is 25.1 Å². The van der Waals surface area contributed by atoms with Crippen LogP contribution in [0.5, 0.6) is 0 Å². The number of carbonyl (C=O) groups excluding carboxylic acids is 3. The Morgan fingerprint density at radius 3 is 2.33 bits per heavy atom. The summed E-state index contributed by atoms with van der Waals surface area (Å²) in [7, 11) is 1.17. The molecule has 0 saturated heterocycles. The maximum Gasteiger partial charge on any atom is 0.325 e. The second kappa shape index (κ2) is 10.00. The average molecular weight is 321 g/mol. The number of carboxylic acid groups (broad SMARTS) is 1. The lowest BCUT2D eigenvalue weighted by molar-refractivity contribution is -0.142. The number of thiol groups is 1. The van der Waals surface area contributed by atoms with Crippen molar-refractivity contribution in [1.29, 1.82) is 0 Å². The first-order chi connectivity index (χ1) is 9.81. The molecule has 0 bridgehead atoms. The van der Waals surface area contributed by atoms with Gasteiger partial charge in [-0.05, 0) is 6.42 Å². The summed E-state index contributed by atoms with van der Waals surface area (Å²) >= 11 is 3.95. The number of carbonyl (C=O) groups is 4. The molecule has 0 rings (SSSR count). The molecule has 0 saturated carbocycles. The molecule has 2 atom stereocenters. The molecule has 0 aliphatic carbocycles. The molecular formula is C11H19N3O6S. The zero-order valence-corrected chi connectivity index (χ0v) is 12.4. The zero-order valence-electron chi connectivity index (χ0n) is 11.5. The summed E-state index contributed by atoms with van der Waals surface area (Å²) in [6.07, 6.45) is -0.188. The van der Waals surface area contributed by atoms with Gasteiger partial charge in [-0.15, -0.1) is 0 Å². The monoisotopic (exact) mass is 321 g/mol. The van der Waals surface area contributed by atoms with E-state index < -0.39 is 35.8 Å². The minimum Gasteiger partial charge on any atom is -0.480 e. The maximum atomic E-state index is 11.8. The van der Waals surface area contributed by atoms with E-state index in [4.69, 9.17) is 10.8 Å². The van der Waals surface area contributed by atoms with Gasteiger partial charge in [-0.25, -0.2) is 0 Å². The fourth-order valence-corrected chi connectivity index (χ4v) is 1.64. The van der Waals surface area contributed by atoms with Gasteiger partial charge in [-0.3, -0.25) is 24.5 Å². The first-order valence-corrected chi connectivity index (χ1v) is 6.67. The van der Waals surface area contributed by atoms with E-state index in [9.17, 15) is 19.2 Å². The van der Waals surface area contributed by atoms with Gasteiger partial charge < -0.3 is 20.9 Å². The third kappa shape index (κ3) is 8.15. The quantitative estimate of drug-likeness (QED) is 0.228. The molecule has 21 heavy (non-hydrogen) atoms. The summed E-state index contributed by atoms with van der Waals surface area (Å²) in [5, 5.41) is 13.9. The molecule has 0 unspecified atom stereocenters. The molecule has 120 valence electrons. The minimum atomic E-state index is -1.22. The van der Waals surface area contributed by atoms with E-state index in [2.05, 4.69) is 28.0 Å². The Kier molecular flexibility index (Phi) is 9.13. The Labute approximate surface area is 127 Å². The molecular weight excluding hydrogens is 302 g/mol. The molecule has 2 amide bonds. The highest BCUT2D eigenvalue weighted by molar-refractivity contribution is 7.80. The predicted octanol–water partition coefficient (Wildman–Crippen LogP) is -2.12. The van der Waals surface area contributed by atoms with Crippen LogP contribution in [0.1, 0.15) is 12.8 Å². The molecule has 0 aliphatic heterocycles. The number of aliphatic carboxylic acids is 1. The number of hydrogen-bond acceptors (Lipinski definition) is 7. The van der Waals surface area contributed by atoms with Gasteiger partial charge in [0.05, 0.1) is 13.2 Å². The summed E-state index contributed by atoms with van der Waals surface area (Å²) in [4.78, 5) is 44.4. The first-order valence-electron chi connectivity index (χ1n) is 6.04. The van der Waals surface area contributed by atoms with Crippen LogP contribution in [0, 0.1) is 0 Å². The van der Waals surface area contributed by atoms with Crippen molar-refractivity contribution in [1.82, 2.24) is 10.6 Å². The lowest BCUT2D eigenvalue weighted by Crippen LogP contribution is -2.52. The highest BCUT2D eigenvalue weighted by atomic mass is 32.1. The average Bonchev–Trinajstić information content (AvgIpc) is 2.43. The van der Waals surface area contributed by atoms with Crippen LogP contribution in [0.2, 0.25) is 0 Å². The number of rotatable bonds is 10. The second-order valence-corrected chi connectivity index (χ2v) is 4.46. The highest BCUT2D eigenvalue weighted by Crippen LogP contribution is 2.01. The fourth-order valence-electron chi connectivity index (χ4n) is 1.37. The number of primary amides is 1. The van der Waals surface area contributed by atoms with Gasteiger partial charge in [0.15, 0.2) is 0 Å². The van der Waals surface area contributed by atoms with Gasteiger partial charge in [-0.1, -0.05) is 0 Å². The molecule has 0 aromatic rings. The van der Waals surface area contributed by atoms with Crippen LogP contribution in [-0.4, -0.2) is 60.4 Å². The smallest absolute Gasteiger partial charge is 0.325 e. The zero-order chi connectivity index (χ0) is 16.4. The number of hydrogen-bond donors (Lipinski definition) is 5. The molecule has 0 aliphatic rings. The van der Waals surface area contributed by atoms with Crippen molar-refractivity contribution < 1.29 is 29.0 Å². The van der Waals surface area contributed by atoms with E-state index in [1.54, 1.807) is 0 Å². The number of nitrogens with two attached hydrogens (primary N) is 1. The predicted molar refractivity (Wildman–Crippen MR) is 75.7 cm³/mol. The van der Waals surface area contributed by atoms with Crippen molar-refractivity contribution in [2.75, 3.05) is 19.4 Å². The summed E-state index contributed by atoms with van der Waals surface area (Å²) in [6, 6.07) is -2.06. The van der Waals surface area contributed by atoms with Crippen LogP contribution in [0.4, 0.5) is 0 Å². The number of ether oxygens (including phenoxy) is 1. The summed E-state index contributed by atoms with van der Waals surface area (Å²) in [5.41, 5.74) is 4.95. The molecule has 9 nitrogen and oxygen atoms in total. The fraction of sp³-hybridized carbons (Fsp3) is 0.636. The van der Waals surface area contributed by atoms with Crippen molar-refractivity contribution >= 4 is 36.4 Å². The van der Waals surface area contributed by atoms with Crippen LogP contribution in [0.25, 0.3) is 0 Å². The highest BCUT2D eigenvalue weighted by Gasteiger charge is 2.25. The largest absolute Gasteiger partial charge is 0.480 e. The van der Waals surface area contributed by atoms with Crippen LogP contribution in [0.15, 0.2) is 0 Å². The van der Waals surface area contributed by atoms with Crippen molar-refractivity contribution in [3.63, 3.8) is 0 Å². The molecule has 10 heteroatoms. The Morgan fingerprint density at radius 2 is 1.90 bits per heavy atom. The number of nitrogens with one attached hydrogen (secondary N) is 2. The number of esters is 1. The number of amides is 2. The Hall–Kier alpha value is -1.81. The molecule has 0 aromatic carbocycles. The van der Waals surface area contributed by atoms with E-state index in [1.165, 1.54) is 7.11 Å². The summed E-state index contributed by atoms with van der Waals surface area (Å²) in [5.74, 6) is -3.08. The van der Waals surface area contributed by atoms with Crippen LogP contribution >= 0.6 is 12.6 Å². The van der Waals surface area contributed by atoms with Gasteiger partial charge in [0.2, 0.25) is 11.8 Å². The number of methoxy groups -OCH3 is 1. The molecule has 0 spiro atoms. The Bertz CT molecular complexity index is 403. The van der Waals surface area contributed by atoms with Gasteiger partial charge in [-0.2, -0.15) is 12.6 Å². The lowest BCUT2D eigenvalue weighted by atomic mass is 10.1. The number of carboxylic acids is 1.